The molecule has 2 rings (SSSR count). The lowest BCUT2D eigenvalue weighted by Gasteiger charge is -2.08. The van der Waals surface area contributed by atoms with Gasteiger partial charge in [0.1, 0.15) is 11.6 Å². The Bertz CT molecular complexity index is 690. The maximum Gasteiger partial charge on any atom is 0.216 e. The molecule has 0 fully saturated rings. The van der Waals surface area contributed by atoms with E-state index in [0.29, 0.717) is 4.77 Å². The van der Waals surface area contributed by atoms with Gasteiger partial charge in [0.15, 0.2) is 0 Å². The number of H-pyrrole nitrogens is 1. The Morgan fingerprint density at radius 1 is 1.26 bits per heavy atom. The molecule has 0 saturated heterocycles. The molecule has 0 aliphatic rings. The van der Waals surface area contributed by atoms with Gasteiger partial charge in [0, 0.05) is 5.56 Å². The summed E-state index contributed by atoms with van der Waals surface area (Å²) in [6.45, 7) is 4.81. The Balaban J connectivity index is 1.96. The third kappa shape index (κ3) is 5.32. The van der Waals surface area contributed by atoms with Crippen LogP contribution in [0.25, 0.3) is 0 Å². The highest BCUT2D eigenvalue weighted by Gasteiger charge is 2.02. The molecule has 1 N–H and O–H groups in total. The summed E-state index contributed by atoms with van der Waals surface area (Å²) in [6, 6.07) is 7.89. The quantitative estimate of drug-likeness (QED) is 0.418. The maximum absolute atomic E-state index is 5.90. The number of para-hydroxylation sites is 1. The minimum Gasteiger partial charge on any atom is -0.493 e. The van der Waals surface area contributed by atoms with Crippen molar-refractivity contribution in [1.29, 1.82) is 0 Å². The first-order chi connectivity index (χ1) is 11.2. The number of nitrogens with one attached hydrogen (secondary N) is 1. The summed E-state index contributed by atoms with van der Waals surface area (Å²) in [5, 5.41) is 11.1. The average Bonchev–Trinajstić information content (AvgIpc) is 2.88. The molecule has 0 radical (unpaired) electrons. The van der Waals surface area contributed by atoms with Crippen molar-refractivity contribution in [2.45, 2.75) is 46.0 Å². The lowest BCUT2D eigenvalue weighted by atomic mass is 10.2. The summed E-state index contributed by atoms with van der Waals surface area (Å²) in [5.41, 5.74) is 0.934. The first-order valence-corrected chi connectivity index (χ1v) is 8.53. The molecular weight excluding hydrogens is 308 g/mol. The van der Waals surface area contributed by atoms with Crippen LogP contribution in [0, 0.1) is 11.7 Å². The summed E-state index contributed by atoms with van der Waals surface area (Å²) in [5.74, 6) is 1.57. The van der Waals surface area contributed by atoms with Gasteiger partial charge in [-0.2, -0.15) is 14.9 Å². The summed E-state index contributed by atoms with van der Waals surface area (Å²) in [6.07, 6.45) is 7.89. The van der Waals surface area contributed by atoms with Crippen molar-refractivity contribution in [3.8, 4) is 5.75 Å². The highest BCUT2D eigenvalue weighted by atomic mass is 32.1. The van der Waals surface area contributed by atoms with E-state index >= 15 is 0 Å². The predicted molar refractivity (Wildman–Crippen MR) is 95.8 cm³/mol. The average molecular weight is 332 g/mol. The van der Waals surface area contributed by atoms with Crippen LogP contribution in [0.3, 0.4) is 0 Å². The highest BCUT2D eigenvalue weighted by Crippen LogP contribution is 2.17. The van der Waals surface area contributed by atoms with E-state index in [1.54, 1.807) is 10.9 Å². The van der Waals surface area contributed by atoms with Crippen LogP contribution in [0.15, 0.2) is 29.4 Å². The largest absolute Gasteiger partial charge is 0.493 e. The van der Waals surface area contributed by atoms with E-state index in [1.807, 2.05) is 31.2 Å². The van der Waals surface area contributed by atoms with Crippen molar-refractivity contribution in [2.75, 3.05) is 6.61 Å². The molecule has 0 aliphatic heterocycles. The van der Waals surface area contributed by atoms with Crippen molar-refractivity contribution in [1.82, 2.24) is 14.9 Å². The predicted octanol–water partition coefficient (Wildman–Crippen LogP) is 4.48. The second-order valence-electron chi connectivity index (χ2n) is 5.43. The second kappa shape index (κ2) is 9.25. The van der Waals surface area contributed by atoms with E-state index in [-0.39, 0.29) is 0 Å². The van der Waals surface area contributed by atoms with E-state index in [9.17, 15) is 0 Å². The zero-order valence-corrected chi connectivity index (χ0v) is 14.6. The number of aromatic nitrogens is 3. The van der Waals surface area contributed by atoms with Gasteiger partial charge in [-0.1, -0.05) is 44.7 Å². The minimum absolute atomic E-state index is 0.480. The van der Waals surface area contributed by atoms with Gasteiger partial charge in [-0.15, -0.1) is 0 Å². The molecular formula is C17H24N4OS. The van der Waals surface area contributed by atoms with Gasteiger partial charge in [-0.25, -0.2) is 0 Å². The fraction of sp³-hybridized carbons (Fsp3) is 0.471. The van der Waals surface area contributed by atoms with Crippen LogP contribution in [-0.4, -0.2) is 27.7 Å². The fourth-order valence-electron chi connectivity index (χ4n) is 2.23. The van der Waals surface area contributed by atoms with E-state index in [4.69, 9.17) is 17.0 Å². The number of hydrogen-bond donors (Lipinski definition) is 1. The number of benzene rings is 1. The second-order valence-corrected chi connectivity index (χ2v) is 5.82. The molecule has 0 aliphatic carbocycles. The number of hydrogen-bond acceptors (Lipinski definition) is 4. The van der Waals surface area contributed by atoms with Crippen LogP contribution in [0.4, 0.5) is 0 Å². The van der Waals surface area contributed by atoms with Crippen molar-refractivity contribution in [3.63, 3.8) is 0 Å². The van der Waals surface area contributed by atoms with Gasteiger partial charge in [0.25, 0.3) is 0 Å². The van der Waals surface area contributed by atoms with E-state index < -0.39 is 0 Å². The molecule has 6 heteroatoms. The standard InChI is InChI=1S/C17H24N4OS/c1-3-4-5-6-9-12-22-16-11-8-7-10-15(16)13-18-21-14(2)19-20-17(21)23/h7-8,10-11,13H,3-6,9,12H2,1-2H3,(H,20,23)/b18-13-. The molecule has 1 aromatic heterocycles. The molecule has 0 unspecified atom stereocenters. The van der Waals surface area contributed by atoms with Crippen LogP contribution in [0.5, 0.6) is 5.75 Å². The van der Waals surface area contributed by atoms with E-state index in [0.717, 1.165) is 30.2 Å². The molecule has 0 spiro atoms. The Hall–Kier alpha value is -1.95. The van der Waals surface area contributed by atoms with Crippen LogP contribution in [-0.2, 0) is 0 Å². The van der Waals surface area contributed by atoms with Gasteiger partial charge >= 0.3 is 0 Å². The zero-order valence-electron chi connectivity index (χ0n) is 13.8. The van der Waals surface area contributed by atoms with Crippen LogP contribution in [0.2, 0.25) is 0 Å². The van der Waals surface area contributed by atoms with Crippen molar-refractivity contribution >= 4 is 18.4 Å². The third-order valence-corrected chi connectivity index (χ3v) is 3.81. The SMILES string of the molecule is CCCCCCCOc1ccccc1/C=N\n1c(C)n[nH]c1=S. The van der Waals surface area contributed by atoms with E-state index in [2.05, 4.69) is 22.2 Å². The third-order valence-electron chi connectivity index (χ3n) is 3.55. The van der Waals surface area contributed by atoms with E-state index in [1.165, 1.54) is 25.7 Å². The van der Waals surface area contributed by atoms with Crippen molar-refractivity contribution in [2.24, 2.45) is 5.10 Å². The van der Waals surface area contributed by atoms with Gasteiger partial charge in [0.05, 0.1) is 12.8 Å². The molecule has 0 amide bonds. The molecule has 0 saturated carbocycles. The Labute approximate surface area is 142 Å². The number of aryl methyl sites for hydroxylation is 1. The lowest BCUT2D eigenvalue weighted by molar-refractivity contribution is 0.304. The number of unbranched alkanes of at least 4 members (excludes halogenated alkanes) is 4. The summed E-state index contributed by atoms with van der Waals surface area (Å²) in [4.78, 5) is 0. The molecule has 5 nitrogen and oxygen atoms in total. The smallest absolute Gasteiger partial charge is 0.216 e. The number of rotatable bonds is 9. The Morgan fingerprint density at radius 2 is 2.04 bits per heavy atom. The maximum atomic E-state index is 5.90. The molecule has 1 heterocycles. The topological polar surface area (TPSA) is 55.2 Å². The van der Waals surface area contributed by atoms with Crippen molar-refractivity contribution < 1.29 is 4.74 Å². The monoisotopic (exact) mass is 332 g/mol. The van der Waals surface area contributed by atoms with Gasteiger partial charge in [-0.3, -0.25) is 5.10 Å². The first-order valence-electron chi connectivity index (χ1n) is 8.12. The van der Waals surface area contributed by atoms with Crippen molar-refractivity contribution in [3.05, 3.63) is 40.4 Å². The summed E-state index contributed by atoms with van der Waals surface area (Å²) < 4.78 is 7.97. The summed E-state index contributed by atoms with van der Waals surface area (Å²) >= 11 is 5.14. The normalized spacial score (nSPS) is 11.2. The molecule has 23 heavy (non-hydrogen) atoms. The number of nitrogens with zero attached hydrogens (tertiary/aromatic N) is 3. The Kier molecular flexibility index (Phi) is 7.00. The van der Waals surface area contributed by atoms with Gasteiger partial charge < -0.3 is 4.74 Å². The zero-order chi connectivity index (χ0) is 16.5. The van der Waals surface area contributed by atoms with Crippen LogP contribution < -0.4 is 4.74 Å². The Morgan fingerprint density at radius 3 is 2.78 bits per heavy atom. The lowest BCUT2D eigenvalue weighted by Crippen LogP contribution is -2.01. The summed E-state index contributed by atoms with van der Waals surface area (Å²) in [7, 11) is 0. The molecule has 1 aromatic carbocycles. The molecule has 0 bridgehead atoms. The molecule has 0 atom stereocenters. The molecule has 2 aromatic rings. The highest BCUT2D eigenvalue weighted by molar-refractivity contribution is 7.71. The van der Waals surface area contributed by atoms with Crippen LogP contribution in [0.1, 0.15) is 50.4 Å². The minimum atomic E-state index is 0.480. The van der Waals surface area contributed by atoms with Crippen LogP contribution >= 0.6 is 12.2 Å². The fourth-order valence-corrected chi connectivity index (χ4v) is 2.46. The first kappa shape index (κ1) is 17.4. The molecule has 124 valence electrons. The van der Waals surface area contributed by atoms with Gasteiger partial charge in [0.2, 0.25) is 4.77 Å². The number of ether oxygens (including phenoxy) is 1. The van der Waals surface area contributed by atoms with Gasteiger partial charge in [-0.05, 0) is 37.7 Å². The number of aromatic amines is 1.